The third-order valence-corrected chi connectivity index (χ3v) is 3.13. The highest BCUT2D eigenvalue weighted by Crippen LogP contribution is 2.29. The molecular weight excluding hydrogens is 232 g/mol. The van der Waals surface area contributed by atoms with Gasteiger partial charge in [0.2, 0.25) is 0 Å². The summed E-state index contributed by atoms with van der Waals surface area (Å²) in [5, 5.41) is 8.86. The van der Waals surface area contributed by atoms with Crippen LogP contribution >= 0.6 is 0 Å². The van der Waals surface area contributed by atoms with E-state index in [1.165, 1.54) is 18.9 Å². The average molecular weight is 250 g/mol. The van der Waals surface area contributed by atoms with Gasteiger partial charge in [0.25, 0.3) is 5.56 Å². The first-order chi connectivity index (χ1) is 8.65. The van der Waals surface area contributed by atoms with E-state index in [4.69, 9.17) is 5.11 Å². The first-order valence-electron chi connectivity index (χ1n) is 6.25. The Bertz CT molecular complexity index is 465. The van der Waals surface area contributed by atoms with Crippen LogP contribution in [-0.2, 0) is 11.3 Å². The lowest BCUT2D eigenvalue weighted by atomic mass is 10.3. The molecule has 1 saturated carbocycles. The molecule has 18 heavy (non-hydrogen) atoms. The maximum atomic E-state index is 11.5. The number of carboxylic acids is 1. The lowest BCUT2D eigenvalue weighted by Gasteiger charge is -2.20. The van der Waals surface area contributed by atoms with Crippen molar-refractivity contribution in [3.63, 3.8) is 0 Å². The molecule has 1 aromatic rings. The number of carboxylic acid groups (broad SMARTS) is 1. The van der Waals surface area contributed by atoms with Crippen LogP contribution in [0.15, 0.2) is 29.2 Å². The molecule has 0 saturated heterocycles. The molecule has 0 spiro atoms. The number of hydrogen-bond donors (Lipinski definition) is 1. The summed E-state index contributed by atoms with van der Waals surface area (Å²) < 4.78 is 1.61. The van der Waals surface area contributed by atoms with Gasteiger partial charge in [0.15, 0.2) is 0 Å². The van der Waals surface area contributed by atoms with Crippen LogP contribution in [0.5, 0.6) is 0 Å². The molecule has 0 atom stereocenters. The molecule has 98 valence electrons. The van der Waals surface area contributed by atoms with E-state index in [-0.39, 0.29) is 12.1 Å². The average Bonchev–Trinajstić information content (AvgIpc) is 3.11. The second-order valence-corrected chi connectivity index (χ2v) is 4.80. The lowest BCUT2D eigenvalue weighted by Crippen LogP contribution is -2.35. The summed E-state index contributed by atoms with van der Waals surface area (Å²) in [6.45, 7) is 2.03. The highest BCUT2D eigenvalue weighted by Gasteiger charge is 2.25. The minimum Gasteiger partial charge on any atom is -0.480 e. The molecule has 1 aromatic heterocycles. The van der Waals surface area contributed by atoms with Crippen LogP contribution in [0.25, 0.3) is 0 Å². The molecule has 0 aromatic carbocycles. The van der Waals surface area contributed by atoms with Crippen LogP contribution in [0.2, 0.25) is 0 Å². The van der Waals surface area contributed by atoms with E-state index >= 15 is 0 Å². The Hall–Kier alpha value is -1.62. The van der Waals surface area contributed by atoms with Gasteiger partial charge >= 0.3 is 5.97 Å². The van der Waals surface area contributed by atoms with Gasteiger partial charge in [-0.2, -0.15) is 0 Å². The normalized spacial score (nSPS) is 14.9. The number of hydrogen-bond acceptors (Lipinski definition) is 3. The molecule has 5 nitrogen and oxygen atoms in total. The molecule has 0 aliphatic heterocycles. The summed E-state index contributed by atoms with van der Waals surface area (Å²) >= 11 is 0. The summed E-state index contributed by atoms with van der Waals surface area (Å²) in [5.74, 6) is -0.159. The fraction of sp³-hybridized carbons (Fsp3) is 0.538. The van der Waals surface area contributed by atoms with Gasteiger partial charge in [0.05, 0.1) is 6.54 Å². The topological polar surface area (TPSA) is 62.5 Å². The Labute approximate surface area is 106 Å². The molecule has 0 amide bonds. The van der Waals surface area contributed by atoms with Gasteiger partial charge in [-0.3, -0.25) is 14.5 Å². The summed E-state index contributed by atoms with van der Waals surface area (Å²) in [6, 6.07) is 5.03. The van der Waals surface area contributed by atoms with Crippen molar-refractivity contribution in [2.75, 3.05) is 19.6 Å². The van der Waals surface area contributed by atoms with Crippen molar-refractivity contribution in [3.05, 3.63) is 34.7 Å². The second-order valence-electron chi connectivity index (χ2n) is 4.80. The number of pyridine rings is 1. The van der Waals surface area contributed by atoms with Crippen LogP contribution in [0.4, 0.5) is 0 Å². The van der Waals surface area contributed by atoms with Gasteiger partial charge in [-0.15, -0.1) is 0 Å². The zero-order chi connectivity index (χ0) is 13.0. The van der Waals surface area contributed by atoms with Gasteiger partial charge in [-0.25, -0.2) is 0 Å². The van der Waals surface area contributed by atoms with Gasteiger partial charge in [0, 0.05) is 31.9 Å². The first kappa shape index (κ1) is 12.8. The Balaban J connectivity index is 1.89. The Morgan fingerprint density at radius 3 is 2.83 bits per heavy atom. The molecule has 1 aliphatic carbocycles. The molecule has 2 rings (SSSR count). The zero-order valence-electron chi connectivity index (χ0n) is 10.3. The predicted octanol–water partition coefficient (Wildman–Crippen LogP) is 0.645. The molecule has 1 heterocycles. The predicted molar refractivity (Wildman–Crippen MR) is 67.5 cm³/mol. The van der Waals surface area contributed by atoms with E-state index in [2.05, 4.69) is 0 Å². The largest absolute Gasteiger partial charge is 0.480 e. The molecule has 0 bridgehead atoms. The second kappa shape index (κ2) is 5.82. The Kier molecular flexibility index (Phi) is 4.15. The van der Waals surface area contributed by atoms with E-state index in [9.17, 15) is 9.59 Å². The van der Waals surface area contributed by atoms with Crippen molar-refractivity contribution >= 4 is 5.97 Å². The molecule has 5 heteroatoms. The van der Waals surface area contributed by atoms with E-state index in [1.54, 1.807) is 16.8 Å². The third kappa shape index (κ3) is 4.00. The molecule has 0 unspecified atom stereocenters. The summed E-state index contributed by atoms with van der Waals surface area (Å²) in [7, 11) is 0. The standard InChI is InChI=1S/C13H18N2O3/c16-12-3-1-2-6-15(12)8-7-14(10-13(17)18)9-11-4-5-11/h1-3,6,11H,4-5,7-10H2,(H,17,18). The highest BCUT2D eigenvalue weighted by atomic mass is 16.4. The number of carbonyl (C=O) groups is 1. The fourth-order valence-corrected chi connectivity index (χ4v) is 1.99. The van der Waals surface area contributed by atoms with Gasteiger partial charge < -0.3 is 9.67 Å². The monoisotopic (exact) mass is 250 g/mol. The van der Waals surface area contributed by atoms with E-state index in [0.29, 0.717) is 19.0 Å². The Morgan fingerprint density at radius 2 is 2.22 bits per heavy atom. The molecule has 1 N–H and O–H groups in total. The van der Waals surface area contributed by atoms with E-state index in [0.717, 1.165) is 6.54 Å². The lowest BCUT2D eigenvalue weighted by molar-refractivity contribution is -0.138. The van der Waals surface area contributed by atoms with Crippen molar-refractivity contribution in [2.45, 2.75) is 19.4 Å². The van der Waals surface area contributed by atoms with Crippen LogP contribution in [0.3, 0.4) is 0 Å². The summed E-state index contributed by atoms with van der Waals surface area (Å²) in [5.41, 5.74) is -0.0424. The fourth-order valence-electron chi connectivity index (χ4n) is 1.99. The molecule has 1 aliphatic rings. The zero-order valence-corrected chi connectivity index (χ0v) is 10.3. The van der Waals surface area contributed by atoms with Crippen LogP contribution in [0, 0.1) is 5.92 Å². The molecular formula is C13H18N2O3. The first-order valence-corrected chi connectivity index (χ1v) is 6.25. The highest BCUT2D eigenvalue weighted by molar-refractivity contribution is 5.69. The smallest absolute Gasteiger partial charge is 0.317 e. The quantitative estimate of drug-likeness (QED) is 0.771. The Morgan fingerprint density at radius 1 is 1.44 bits per heavy atom. The van der Waals surface area contributed by atoms with Crippen molar-refractivity contribution in [1.29, 1.82) is 0 Å². The number of nitrogens with zero attached hydrogens (tertiary/aromatic N) is 2. The van der Waals surface area contributed by atoms with Crippen molar-refractivity contribution in [1.82, 2.24) is 9.47 Å². The van der Waals surface area contributed by atoms with Gasteiger partial charge in [-0.05, 0) is 24.8 Å². The number of aliphatic carboxylic acids is 1. The molecule has 0 radical (unpaired) electrons. The summed E-state index contributed by atoms with van der Waals surface area (Å²) in [4.78, 5) is 24.2. The van der Waals surface area contributed by atoms with Crippen LogP contribution < -0.4 is 5.56 Å². The van der Waals surface area contributed by atoms with Crippen LogP contribution in [-0.4, -0.2) is 40.2 Å². The minimum atomic E-state index is -0.809. The van der Waals surface area contributed by atoms with Crippen molar-refractivity contribution in [2.24, 2.45) is 5.92 Å². The third-order valence-electron chi connectivity index (χ3n) is 3.13. The van der Waals surface area contributed by atoms with E-state index < -0.39 is 5.97 Å². The van der Waals surface area contributed by atoms with Crippen molar-refractivity contribution in [3.8, 4) is 0 Å². The minimum absolute atomic E-state index is 0.0424. The number of aromatic nitrogens is 1. The van der Waals surface area contributed by atoms with Crippen LogP contribution in [0.1, 0.15) is 12.8 Å². The van der Waals surface area contributed by atoms with E-state index in [1.807, 2.05) is 11.0 Å². The maximum Gasteiger partial charge on any atom is 0.317 e. The molecule has 1 fully saturated rings. The number of rotatable bonds is 7. The SMILES string of the molecule is O=C(O)CN(CCn1ccccc1=O)CC1CC1. The van der Waals surface area contributed by atoms with Crippen molar-refractivity contribution < 1.29 is 9.90 Å². The van der Waals surface area contributed by atoms with Gasteiger partial charge in [-0.1, -0.05) is 6.07 Å². The van der Waals surface area contributed by atoms with Gasteiger partial charge in [0.1, 0.15) is 0 Å². The summed E-state index contributed by atoms with van der Waals surface area (Å²) in [6.07, 6.45) is 4.13. The maximum absolute atomic E-state index is 11.5.